The van der Waals surface area contributed by atoms with Crippen LogP contribution >= 0.6 is 0 Å². The number of para-hydroxylation sites is 1. The molecule has 0 spiro atoms. The highest BCUT2D eigenvalue weighted by atomic mass is 16.5. The first-order valence-electron chi connectivity index (χ1n) is 5.88. The highest BCUT2D eigenvalue weighted by Crippen LogP contribution is 2.27. The lowest BCUT2D eigenvalue weighted by Crippen LogP contribution is -2.52. The lowest BCUT2D eigenvalue weighted by Gasteiger charge is -2.27. The summed E-state index contributed by atoms with van der Waals surface area (Å²) in [6.45, 7) is 2.22. The molecule has 1 aromatic rings. The highest BCUT2D eigenvalue weighted by molar-refractivity contribution is 5.37. The first-order valence-corrected chi connectivity index (χ1v) is 5.88. The number of ether oxygens (including phenoxy) is 1. The molecule has 4 nitrogen and oxygen atoms in total. The first-order chi connectivity index (χ1) is 8.17. The Bertz CT molecular complexity index is 352. The molecule has 1 aromatic carbocycles. The summed E-state index contributed by atoms with van der Waals surface area (Å²) in [4.78, 5) is 0. The fourth-order valence-corrected chi connectivity index (χ4v) is 1.89. The Morgan fingerprint density at radius 2 is 2.06 bits per heavy atom. The van der Waals surface area contributed by atoms with Crippen molar-refractivity contribution in [3.8, 4) is 5.75 Å². The summed E-state index contributed by atoms with van der Waals surface area (Å²) in [6, 6.07) is 7.99. The zero-order valence-corrected chi connectivity index (χ0v) is 10.0. The second-order valence-corrected chi connectivity index (χ2v) is 4.81. The Hall–Kier alpha value is -1.10. The fourth-order valence-electron chi connectivity index (χ4n) is 1.89. The van der Waals surface area contributed by atoms with Crippen LogP contribution in [0.25, 0.3) is 0 Å². The molecule has 0 aromatic heterocycles. The molecular formula is C13H19NO3. The van der Waals surface area contributed by atoms with E-state index in [0.29, 0.717) is 6.54 Å². The second kappa shape index (κ2) is 5.04. The van der Waals surface area contributed by atoms with Crippen LogP contribution in [0.2, 0.25) is 0 Å². The third-order valence-corrected chi connectivity index (χ3v) is 3.17. The van der Waals surface area contributed by atoms with Gasteiger partial charge in [0.25, 0.3) is 0 Å². The van der Waals surface area contributed by atoms with E-state index in [1.54, 1.807) is 6.92 Å². The number of hydrogen-bond acceptors (Lipinski definition) is 4. The minimum absolute atomic E-state index is 0.0739. The van der Waals surface area contributed by atoms with Gasteiger partial charge < -0.3 is 20.3 Å². The molecule has 4 heteroatoms. The van der Waals surface area contributed by atoms with Crippen molar-refractivity contribution < 1.29 is 14.9 Å². The molecule has 0 saturated heterocycles. The fraction of sp³-hybridized carbons (Fsp3) is 0.538. The van der Waals surface area contributed by atoms with E-state index >= 15 is 0 Å². The zero-order chi connectivity index (χ0) is 12.3. The number of rotatable bonds is 5. The summed E-state index contributed by atoms with van der Waals surface area (Å²) < 4.78 is 5.77. The third-order valence-electron chi connectivity index (χ3n) is 3.17. The Kier molecular flexibility index (Phi) is 3.66. The summed E-state index contributed by atoms with van der Waals surface area (Å²) in [7, 11) is 0. The van der Waals surface area contributed by atoms with Crippen LogP contribution in [0.3, 0.4) is 0 Å². The monoisotopic (exact) mass is 237 g/mol. The molecule has 94 valence electrons. The molecular weight excluding hydrogens is 218 g/mol. The van der Waals surface area contributed by atoms with Gasteiger partial charge in [-0.1, -0.05) is 18.2 Å². The molecule has 0 saturated carbocycles. The van der Waals surface area contributed by atoms with Crippen molar-refractivity contribution in [3.63, 3.8) is 0 Å². The van der Waals surface area contributed by atoms with Gasteiger partial charge in [-0.25, -0.2) is 0 Å². The van der Waals surface area contributed by atoms with E-state index in [1.165, 1.54) is 5.56 Å². The molecule has 1 aliphatic heterocycles. The second-order valence-electron chi connectivity index (χ2n) is 4.81. The lowest BCUT2D eigenvalue weighted by molar-refractivity contribution is 0.0928. The zero-order valence-electron chi connectivity index (χ0n) is 10.0. The SMILES string of the molecule is CC(CO)(CO)NCC1Cc2ccccc2O1. The predicted molar refractivity (Wildman–Crippen MR) is 65.1 cm³/mol. The average molecular weight is 237 g/mol. The van der Waals surface area contributed by atoms with Crippen LogP contribution in [-0.4, -0.2) is 41.6 Å². The maximum Gasteiger partial charge on any atom is 0.123 e. The van der Waals surface area contributed by atoms with Gasteiger partial charge in [0.1, 0.15) is 11.9 Å². The first kappa shape index (κ1) is 12.4. The topological polar surface area (TPSA) is 61.7 Å². The lowest BCUT2D eigenvalue weighted by atomic mass is 10.0. The summed E-state index contributed by atoms with van der Waals surface area (Å²) in [5, 5.41) is 21.5. The van der Waals surface area contributed by atoms with E-state index in [2.05, 4.69) is 11.4 Å². The summed E-state index contributed by atoms with van der Waals surface area (Å²) in [5.74, 6) is 0.939. The number of aliphatic hydroxyl groups is 2. The van der Waals surface area contributed by atoms with Crippen molar-refractivity contribution in [1.29, 1.82) is 0 Å². The van der Waals surface area contributed by atoms with E-state index in [-0.39, 0.29) is 19.3 Å². The number of fused-ring (bicyclic) bond motifs is 1. The van der Waals surface area contributed by atoms with Gasteiger partial charge in [0, 0.05) is 13.0 Å². The predicted octanol–water partition coefficient (Wildman–Crippen LogP) is 0.323. The van der Waals surface area contributed by atoms with Gasteiger partial charge in [-0.2, -0.15) is 0 Å². The Balaban J connectivity index is 1.88. The highest BCUT2D eigenvalue weighted by Gasteiger charge is 2.27. The standard InChI is InChI=1S/C13H19NO3/c1-13(8-15,9-16)14-7-11-6-10-4-2-3-5-12(10)17-11/h2-5,11,14-16H,6-9H2,1H3. The number of benzene rings is 1. The summed E-state index contributed by atoms with van der Waals surface area (Å²) in [5.41, 5.74) is 0.576. The number of nitrogens with one attached hydrogen (secondary N) is 1. The van der Waals surface area contributed by atoms with E-state index in [0.717, 1.165) is 12.2 Å². The van der Waals surface area contributed by atoms with Crippen LogP contribution in [-0.2, 0) is 6.42 Å². The number of aliphatic hydroxyl groups excluding tert-OH is 2. The van der Waals surface area contributed by atoms with Gasteiger partial charge in [-0.05, 0) is 18.6 Å². The van der Waals surface area contributed by atoms with E-state index in [9.17, 15) is 0 Å². The average Bonchev–Trinajstić information content (AvgIpc) is 2.79. The van der Waals surface area contributed by atoms with Crippen molar-refractivity contribution in [2.24, 2.45) is 0 Å². The van der Waals surface area contributed by atoms with Crippen LogP contribution in [0, 0.1) is 0 Å². The Morgan fingerprint density at radius 1 is 1.35 bits per heavy atom. The van der Waals surface area contributed by atoms with Gasteiger partial charge in [-0.3, -0.25) is 0 Å². The van der Waals surface area contributed by atoms with Crippen LogP contribution in [0.15, 0.2) is 24.3 Å². The maximum atomic E-state index is 9.17. The third kappa shape index (κ3) is 2.77. The largest absolute Gasteiger partial charge is 0.488 e. The quantitative estimate of drug-likeness (QED) is 0.690. The molecule has 0 fully saturated rings. The molecule has 0 radical (unpaired) electrons. The van der Waals surface area contributed by atoms with Crippen molar-refractivity contribution in [1.82, 2.24) is 5.32 Å². The molecule has 0 amide bonds. The van der Waals surface area contributed by atoms with Crippen molar-refractivity contribution in [2.45, 2.75) is 25.0 Å². The Labute approximate surface area is 101 Å². The van der Waals surface area contributed by atoms with Crippen LogP contribution in [0.1, 0.15) is 12.5 Å². The Morgan fingerprint density at radius 3 is 2.71 bits per heavy atom. The van der Waals surface area contributed by atoms with Crippen LogP contribution in [0.4, 0.5) is 0 Å². The van der Waals surface area contributed by atoms with Crippen LogP contribution < -0.4 is 10.1 Å². The van der Waals surface area contributed by atoms with Gasteiger partial charge in [-0.15, -0.1) is 0 Å². The van der Waals surface area contributed by atoms with Gasteiger partial charge in [0.05, 0.1) is 18.8 Å². The molecule has 1 aliphatic rings. The minimum Gasteiger partial charge on any atom is -0.488 e. The molecule has 3 N–H and O–H groups in total. The molecule has 1 unspecified atom stereocenters. The molecule has 0 aliphatic carbocycles. The summed E-state index contributed by atoms with van der Waals surface area (Å²) >= 11 is 0. The molecule has 0 bridgehead atoms. The normalized spacial score (nSPS) is 18.9. The van der Waals surface area contributed by atoms with Gasteiger partial charge >= 0.3 is 0 Å². The van der Waals surface area contributed by atoms with Crippen molar-refractivity contribution in [3.05, 3.63) is 29.8 Å². The molecule has 1 atom stereocenters. The van der Waals surface area contributed by atoms with E-state index in [1.807, 2.05) is 18.2 Å². The van der Waals surface area contributed by atoms with Crippen molar-refractivity contribution in [2.75, 3.05) is 19.8 Å². The van der Waals surface area contributed by atoms with Crippen molar-refractivity contribution >= 4 is 0 Å². The maximum absolute atomic E-state index is 9.17. The van der Waals surface area contributed by atoms with E-state index in [4.69, 9.17) is 14.9 Å². The molecule has 2 rings (SSSR count). The van der Waals surface area contributed by atoms with Gasteiger partial charge in [0.15, 0.2) is 0 Å². The summed E-state index contributed by atoms with van der Waals surface area (Å²) in [6.07, 6.45) is 0.945. The number of hydrogen-bond donors (Lipinski definition) is 3. The van der Waals surface area contributed by atoms with E-state index < -0.39 is 5.54 Å². The van der Waals surface area contributed by atoms with Gasteiger partial charge in [0.2, 0.25) is 0 Å². The van der Waals surface area contributed by atoms with Crippen LogP contribution in [0.5, 0.6) is 5.75 Å². The molecule has 1 heterocycles. The minimum atomic E-state index is -0.641. The smallest absolute Gasteiger partial charge is 0.123 e. The molecule has 17 heavy (non-hydrogen) atoms.